The standard InChI is InChI=1S/C20H20N4O2S2/c1-2-15-21-18-16(13-10-6-7-11-14(13)28-18)19(26)24(15)23-20(27)22-17(25)12-8-4-3-5-9-12/h3-5,8-9H,2,6-7,10-11H2,1H3,(H2,22,23,25,27). The third-order valence-corrected chi connectivity index (χ3v) is 6.23. The van der Waals surface area contributed by atoms with Gasteiger partial charge >= 0.3 is 0 Å². The number of carbonyl (C=O) groups excluding carboxylic acids is 1. The Morgan fingerprint density at radius 2 is 2.00 bits per heavy atom. The van der Waals surface area contributed by atoms with Crippen LogP contribution in [-0.4, -0.2) is 20.7 Å². The molecular weight excluding hydrogens is 392 g/mol. The molecule has 0 atom stereocenters. The van der Waals surface area contributed by atoms with E-state index in [1.54, 1.807) is 35.6 Å². The number of thiocarbonyl (C=S) groups is 1. The smallest absolute Gasteiger partial charge is 0.281 e. The van der Waals surface area contributed by atoms with E-state index in [-0.39, 0.29) is 16.6 Å². The zero-order valence-corrected chi connectivity index (χ0v) is 17.1. The lowest BCUT2D eigenvalue weighted by molar-refractivity contribution is 0.0977. The van der Waals surface area contributed by atoms with E-state index in [9.17, 15) is 9.59 Å². The third-order valence-electron chi connectivity index (χ3n) is 4.85. The van der Waals surface area contributed by atoms with Gasteiger partial charge in [-0.05, 0) is 55.6 Å². The zero-order chi connectivity index (χ0) is 19.7. The van der Waals surface area contributed by atoms with Crippen molar-refractivity contribution in [2.45, 2.75) is 39.0 Å². The topological polar surface area (TPSA) is 76.0 Å². The summed E-state index contributed by atoms with van der Waals surface area (Å²) in [6.45, 7) is 1.94. The molecule has 1 aliphatic rings. The van der Waals surface area contributed by atoms with Gasteiger partial charge in [-0.2, -0.15) is 0 Å². The number of aromatic nitrogens is 2. The first-order valence-electron chi connectivity index (χ1n) is 9.32. The first kappa shape index (κ1) is 18.8. The van der Waals surface area contributed by atoms with Crippen LogP contribution in [0.25, 0.3) is 10.2 Å². The minimum atomic E-state index is -0.328. The summed E-state index contributed by atoms with van der Waals surface area (Å²) in [5.41, 5.74) is 4.33. The van der Waals surface area contributed by atoms with Gasteiger partial charge in [-0.3, -0.25) is 20.3 Å². The number of nitrogens with zero attached hydrogens (tertiary/aromatic N) is 2. The fraction of sp³-hybridized carbons (Fsp3) is 0.300. The van der Waals surface area contributed by atoms with Crippen molar-refractivity contribution >= 4 is 44.8 Å². The lowest BCUT2D eigenvalue weighted by Crippen LogP contribution is -2.43. The minimum absolute atomic E-state index is 0.0656. The maximum atomic E-state index is 13.2. The number of aryl methyl sites for hydroxylation is 3. The van der Waals surface area contributed by atoms with Crippen LogP contribution < -0.4 is 16.3 Å². The van der Waals surface area contributed by atoms with Gasteiger partial charge in [0.2, 0.25) is 0 Å². The van der Waals surface area contributed by atoms with Crippen LogP contribution in [-0.2, 0) is 19.3 Å². The van der Waals surface area contributed by atoms with Crippen LogP contribution in [0.15, 0.2) is 35.1 Å². The number of rotatable bonds is 3. The first-order chi connectivity index (χ1) is 13.6. The zero-order valence-electron chi connectivity index (χ0n) is 15.4. The minimum Gasteiger partial charge on any atom is -0.298 e. The molecule has 3 aromatic rings. The molecule has 4 rings (SSSR count). The van der Waals surface area contributed by atoms with Crippen LogP contribution >= 0.6 is 23.6 Å². The summed E-state index contributed by atoms with van der Waals surface area (Å²) < 4.78 is 1.37. The van der Waals surface area contributed by atoms with Crippen molar-refractivity contribution in [3.63, 3.8) is 0 Å². The van der Waals surface area contributed by atoms with Gasteiger partial charge in [0.05, 0.1) is 5.39 Å². The second-order valence-electron chi connectivity index (χ2n) is 6.67. The monoisotopic (exact) mass is 412 g/mol. The SMILES string of the molecule is CCc1nc2sc3c(c2c(=O)n1NC(=S)NC(=O)c1ccccc1)CCCC3. The highest BCUT2D eigenvalue weighted by molar-refractivity contribution is 7.80. The normalized spacial score (nSPS) is 13.2. The molecule has 6 nitrogen and oxygen atoms in total. The summed E-state index contributed by atoms with van der Waals surface area (Å²) in [6.07, 6.45) is 4.73. The van der Waals surface area contributed by atoms with E-state index >= 15 is 0 Å². The summed E-state index contributed by atoms with van der Waals surface area (Å²) in [6, 6.07) is 8.80. The molecule has 0 fully saturated rings. The molecule has 0 spiro atoms. The lowest BCUT2D eigenvalue weighted by atomic mass is 9.97. The van der Waals surface area contributed by atoms with Crippen molar-refractivity contribution in [3.8, 4) is 0 Å². The number of thiophene rings is 1. The molecular formula is C20H20N4O2S2. The van der Waals surface area contributed by atoms with Gasteiger partial charge in [-0.1, -0.05) is 25.1 Å². The quantitative estimate of drug-likeness (QED) is 0.647. The number of benzene rings is 1. The Bertz CT molecular complexity index is 1120. The van der Waals surface area contributed by atoms with Crippen LogP contribution in [0.1, 0.15) is 46.4 Å². The van der Waals surface area contributed by atoms with Crippen molar-refractivity contribution in [1.29, 1.82) is 0 Å². The van der Waals surface area contributed by atoms with Crippen molar-refractivity contribution < 1.29 is 4.79 Å². The first-order valence-corrected chi connectivity index (χ1v) is 10.5. The van der Waals surface area contributed by atoms with Crippen molar-refractivity contribution in [1.82, 2.24) is 15.0 Å². The number of amides is 1. The van der Waals surface area contributed by atoms with E-state index in [0.717, 1.165) is 36.1 Å². The molecule has 2 aromatic heterocycles. The van der Waals surface area contributed by atoms with Gasteiger partial charge < -0.3 is 0 Å². The summed E-state index contributed by atoms with van der Waals surface area (Å²) >= 11 is 6.90. The predicted octanol–water partition coefficient (Wildman–Crippen LogP) is 3.16. The van der Waals surface area contributed by atoms with Crippen molar-refractivity contribution in [2.24, 2.45) is 0 Å². The Morgan fingerprint density at radius 1 is 1.25 bits per heavy atom. The fourth-order valence-electron chi connectivity index (χ4n) is 3.49. The third kappa shape index (κ3) is 3.45. The Balaban J connectivity index is 1.66. The Labute approximate surface area is 171 Å². The molecule has 0 saturated heterocycles. The molecule has 2 N–H and O–H groups in total. The van der Waals surface area contributed by atoms with Gasteiger partial charge in [-0.15, -0.1) is 11.3 Å². The maximum Gasteiger partial charge on any atom is 0.281 e. The van der Waals surface area contributed by atoms with Gasteiger partial charge in [-0.25, -0.2) is 9.66 Å². The predicted molar refractivity (Wildman–Crippen MR) is 116 cm³/mol. The van der Waals surface area contributed by atoms with E-state index in [0.29, 0.717) is 23.2 Å². The highest BCUT2D eigenvalue weighted by Gasteiger charge is 2.22. The molecule has 0 radical (unpaired) electrons. The van der Waals surface area contributed by atoms with Crippen LogP contribution in [0, 0.1) is 0 Å². The highest BCUT2D eigenvalue weighted by atomic mass is 32.1. The van der Waals surface area contributed by atoms with E-state index in [1.807, 2.05) is 13.0 Å². The molecule has 2 heterocycles. The van der Waals surface area contributed by atoms with Crippen LogP contribution in [0.3, 0.4) is 0 Å². The van der Waals surface area contributed by atoms with E-state index in [2.05, 4.69) is 10.7 Å². The fourth-order valence-corrected chi connectivity index (χ4v) is 4.95. The average molecular weight is 413 g/mol. The molecule has 0 bridgehead atoms. The van der Waals surface area contributed by atoms with Crippen molar-refractivity contribution in [3.05, 3.63) is 62.5 Å². The van der Waals surface area contributed by atoms with Gasteiger partial charge in [0.25, 0.3) is 11.5 Å². The molecule has 1 aromatic carbocycles. The Hall–Kier alpha value is -2.58. The molecule has 1 amide bonds. The average Bonchev–Trinajstić information content (AvgIpc) is 3.09. The number of hydrogen-bond donors (Lipinski definition) is 2. The molecule has 0 aliphatic heterocycles. The molecule has 0 saturated carbocycles. The molecule has 28 heavy (non-hydrogen) atoms. The summed E-state index contributed by atoms with van der Waals surface area (Å²) in [5, 5.41) is 3.37. The van der Waals surface area contributed by atoms with Crippen LogP contribution in [0.5, 0.6) is 0 Å². The van der Waals surface area contributed by atoms with Gasteiger partial charge in [0.15, 0.2) is 5.11 Å². The highest BCUT2D eigenvalue weighted by Crippen LogP contribution is 2.33. The Morgan fingerprint density at radius 3 is 2.75 bits per heavy atom. The molecule has 144 valence electrons. The second-order valence-corrected chi connectivity index (χ2v) is 8.17. The summed E-state index contributed by atoms with van der Waals surface area (Å²) in [4.78, 5) is 32.3. The molecule has 8 heteroatoms. The number of hydrogen-bond acceptors (Lipinski definition) is 5. The summed E-state index contributed by atoms with van der Waals surface area (Å²) in [5.74, 6) is 0.263. The molecule has 1 aliphatic carbocycles. The molecule has 0 unspecified atom stereocenters. The van der Waals surface area contributed by atoms with E-state index in [4.69, 9.17) is 17.2 Å². The second kappa shape index (κ2) is 7.81. The lowest BCUT2D eigenvalue weighted by Gasteiger charge is -2.15. The van der Waals surface area contributed by atoms with Gasteiger partial charge in [0, 0.05) is 16.9 Å². The van der Waals surface area contributed by atoms with E-state index in [1.165, 1.54) is 9.55 Å². The number of fused-ring (bicyclic) bond motifs is 3. The van der Waals surface area contributed by atoms with E-state index < -0.39 is 0 Å². The maximum absolute atomic E-state index is 13.2. The Kier molecular flexibility index (Phi) is 5.23. The largest absolute Gasteiger partial charge is 0.298 e. The number of carbonyl (C=O) groups is 1. The number of nitrogens with one attached hydrogen (secondary N) is 2. The van der Waals surface area contributed by atoms with Crippen molar-refractivity contribution in [2.75, 3.05) is 5.43 Å². The van der Waals surface area contributed by atoms with Crippen LogP contribution in [0.2, 0.25) is 0 Å². The van der Waals surface area contributed by atoms with Crippen LogP contribution in [0.4, 0.5) is 0 Å². The van der Waals surface area contributed by atoms with Gasteiger partial charge in [0.1, 0.15) is 10.7 Å². The summed E-state index contributed by atoms with van der Waals surface area (Å²) in [7, 11) is 0.